The summed E-state index contributed by atoms with van der Waals surface area (Å²) < 4.78 is 46.1. The number of anilines is 3. The Bertz CT molecular complexity index is 1750. The summed E-state index contributed by atoms with van der Waals surface area (Å²) in [6, 6.07) is 13.1. The van der Waals surface area contributed by atoms with Gasteiger partial charge in [0.15, 0.2) is 18.1 Å². The van der Waals surface area contributed by atoms with E-state index in [0.717, 1.165) is 29.9 Å². The van der Waals surface area contributed by atoms with Gasteiger partial charge >= 0.3 is 25.6 Å². The molecule has 0 spiro atoms. The third-order valence-corrected chi connectivity index (χ3v) is 9.67. The minimum Gasteiger partial charge on any atom is -0.457 e. The summed E-state index contributed by atoms with van der Waals surface area (Å²) in [4.78, 5) is 40.9. The van der Waals surface area contributed by atoms with Crippen LogP contribution in [0.1, 0.15) is 118 Å². The van der Waals surface area contributed by atoms with Crippen LogP contribution in [0.25, 0.3) is 0 Å². The smallest absolute Gasteiger partial charge is 0.457 e. The third kappa shape index (κ3) is 15.1. The molecule has 0 saturated carbocycles. The lowest BCUT2D eigenvalue weighted by Crippen LogP contribution is -2.32. The van der Waals surface area contributed by atoms with Crippen LogP contribution in [0, 0.1) is 18.8 Å². The second kappa shape index (κ2) is 19.1. The Balaban J connectivity index is 1.80. The number of benzene rings is 2. The number of rotatable bonds is 18. The lowest BCUT2D eigenvalue weighted by molar-refractivity contribution is -0.146. The van der Waals surface area contributed by atoms with Crippen LogP contribution < -0.4 is 21.4 Å². The fourth-order valence-electron chi connectivity index (χ4n) is 5.60. The van der Waals surface area contributed by atoms with E-state index in [4.69, 9.17) is 27.1 Å². The number of nitrogens with one attached hydrogen (secondary N) is 2. The lowest BCUT2D eigenvalue weighted by atomic mass is 9.92. The van der Waals surface area contributed by atoms with Crippen molar-refractivity contribution in [2.24, 2.45) is 11.8 Å². The van der Waals surface area contributed by atoms with Crippen LogP contribution in [0.15, 0.2) is 56.1 Å². The number of carbonyl (C=O) groups is 2. The Labute approximate surface area is 320 Å². The minimum atomic E-state index is -4.14. The molecule has 2 amide bonds. The summed E-state index contributed by atoms with van der Waals surface area (Å²) >= 11 is 0. The Morgan fingerprint density at radius 1 is 0.833 bits per heavy atom. The first-order chi connectivity index (χ1) is 25.0. The van der Waals surface area contributed by atoms with E-state index < -0.39 is 44.0 Å². The summed E-state index contributed by atoms with van der Waals surface area (Å²) in [6.07, 6.45) is 0.608. The monoisotopic (exact) mass is 773 g/mol. The molecule has 0 radical (unpaired) electrons. The molecule has 1 heterocycles. The van der Waals surface area contributed by atoms with Gasteiger partial charge in [-0.3, -0.25) is 18.4 Å². The van der Waals surface area contributed by atoms with Crippen LogP contribution in [0.4, 0.5) is 21.9 Å². The Hall–Kier alpha value is -3.90. The molecule has 0 aliphatic heterocycles. The molecule has 0 aliphatic carbocycles. The average molecular weight is 774 g/mol. The van der Waals surface area contributed by atoms with Gasteiger partial charge in [-0.1, -0.05) is 58.4 Å². The zero-order valence-electron chi connectivity index (χ0n) is 34.0. The quantitative estimate of drug-likeness (QED) is 0.0936. The van der Waals surface area contributed by atoms with Crippen molar-refractivity contribution in [3.8, 4) is 0 Å². The first-order valence-corrected chi connectivity index (χ1v) is 20.0. The van der Waals surface area contributed by atoms with E-state index in [2.05, 4.69) is 43.2 Å². The van der Waals surface area contributed by atoms with Crippen LogP contribution >= 0.6 is 7.82 Å². The molecule has 300 valence electrons. The molecule has 2 N–H and O–H groups in total. The molecule has 2 aromatic carbocycles. The van der Waals surface area contributed by atoms with Crippen molar-refractivity contribution in [3.63, 3.8) is 0 Å². The molecular formula is C40H60N3O10P. The SMILES string of the molecule is CC[C@@H](CC(=O)OCc1oc(=O)oc1COP(=O)(OC(C)(C)C)OC(C)(C)C)c1ccc(N(CC(C)C)CC(C)C)c(NC(=O)Nc2ccc(C)cc2)c1. The fourth-order valence-corrected chi connectivity index (χ4v) is 7.36. The predicted molar refractivity (Wildman–Crippen MR) is 211 cm³/mol. The molecule has 0 fully saturated rings. The summed E-state index contributed by atoms with van der Waals surface area (Å²) in [5.41, 5.74) is 2.35. The number of phosphoric acid groups is 1. The van der Waals surface area contributed by atoms with Gasteiger partial charge in [-0.15, -0.1) is 0 Å². The van der Waals surface area contributed by atoms with Crippen LogP contribution in [0.2, 0.25) is 0 Å². The minimum absolute atomic E-state index is 0.00845. The molecule has 14 heteroatoms. The number of ether oxygens (including phenoxy) is 1. The number of amides is 2. The van der Waals surface area contributed by atoms with E-state index in [1.54, 1.807) is 41.5 Å². The van der Waals surface area contributed by atoms with E-state index in [0.29, 0.717) is 29.6 Å². The van der Waals surface area contributed by atoms with Gasteiger partial charge in [-0.2, -0.15) is 0 Å². The molecule has 0 unspecified atom stereocenters. The van der Waals surface area contributed by atoms with Crippen LogP contribution in [0.5, 0.6) is 0 Å². The van der Waals surface area contributed by atoms with Crippen molar-refractivity contribution >= 4 is 36.9 Å². The fraction of sp³-hybridized carbons (Fsp3) is 0.575. The van der Waals surface area contributed by atoms with Crippen molar-refractivity contribution in [2.75, 3.05) is 28.6 Å². The molecule has 0 aliphatic rings. The normalized spacial score (nSPS) is 12.9. The maximum Gasteiger partial charge on any atom is 0.519 e. The predicted octanol–water partition coefficient (Wildman–Crippen LogP) is 10.2. The highest BCUT2D eigenvalue weighted by Crippen LogP contribution is 2.56. The molecule has 1 aromatic heterocycles. The molecule has 3 rings (SSSR count). The van der Waals surface area contributed by atoms with E-state index >= 15 is 0 Å². The van der Waals surface area contributed by atoms with Gasteiger partial charge in [0.25, 0.3) is 0 Å². The topological polar surface area (TPSA) is 159 Å². The number of esters is 1. The van der Waals surface area contributed by atoms with Gasteiger partial charge in [-0.05, 0) is 102 Å². The summed E-state index contributed by atoms with van der Waals surface area (Å²) in [6.45, 7) is 23.4. The molecular weight excluding hydrogens is 713 g/mol. The number of hydrogen-bond acceptors (Lipinski definition) is 11. The Morgan fingerprint density at radius 3 is 1.91 bits per heavy atom. The largest absolute Gasteiger partial charge is 0.519 e. The highest BCUT2D eigenvalue weighted by Gasteiger charge is 2.38. The van der Waals surface area contributed by atoms with Crippen LogP contribution in [0.3, 0.4) is 0 Å². The van der Waals surface area contributed by atoms with Gasteiger partial charge in [0, 0.05) is 18.8 Å². The van der Waals surface area contributed by atoms with E-state index in [1.807, 2.05) is 56.3 Å². The molecule has 1 atom stereocenters. The van der Waals surface area contributed by atoms with Gasteiger partial charge in [0.2, 0.25) is 0 Å². The summed E-state index contributed by atoms with van der Waals surface area (Å²) in [5, 5.41) is 5.98. The van der Waals surface area contributed by atoms with Crippen molar-refractivity contribution < 1.29 is 41.3 Å². The zero-order chi connectivity index (χ0) is 40.4. The van der Waals surface area contributed by atoms with E-state index in [1.165, 1.54) is 0 Å². The number of hydrogen-bond donors (Lipinski definition) is 2. The second-order valence-corrected chi connectivity index (χ2v) is 17.8. The third-order valence-electron chi connectivity index (χ3n) is 7.68. The number of carbonyl (C=O) groups excluding carboxylic acids is 2. The molecule has 54 heavy (non-hydrogen) atoms. The molecule has 0 bridgehead atoms. The Kier molecular flexibility index (Phi) is 15.7. The standard InChI is InChI=1S/C40H60N3O10P/c1-13-29(21-36(44)48-24-34-35(51-38(46)50-34)25-49-54(47,52-39(7,8)9)53-40(10,11)12)30-16-19-33(43(22-26(2)3)23-27(4)5)32(20-30)42-37(45)41-31-17-14-28(6)15-18-31/h14-20,26-27,29H,13,21-25H2,1-12H3,(H2,41,42,45)/t29-/m0/s1. The average Bonchev–Trinajstić information content (AvgIpc) is 3.39. The first kappa shape index (κ1) is 44.5. The highest BCUT2D eigenvalue weighted by atomic mass is 31.2. The van der Waals surface area contributed by atoms with Crippen LogP contribution in [-0.4, -0.2) is 36.3 Å². The zero-order valence-corrected chi connectivity index (χ0v) is 34.9. The molecule has 13 nitrogen and oxygen atoms in total. The first-order valence-electron chi connectivity index (χ1n) is 18.5. The number of aryl methyl sites for hydroxylation is 1. The maximum atomic E-state index is 13.5. The maximum absolute atomic E-state index is 13.5. The van der Waals surface area contributed by atoms with Crippen molar-refractivity contribution in [1.29, 1.82) is 0 Å². The number of nitrogens with zero attached hydrogens (tertiary/aromatic N) is 1. The highest BCUT2D eigenvalue weighted by molar-refractivity contribution is 7.48. The van der Waals surface area contributed by atoms with E-state index in [-0.39, 0.29) is 29.9 Å². The summed E-state index contributed by atoms with van der Waals surface area (Å²) in [7, 11) is -4.14. The Morgan fingerprint density at radius 2 is 1.39 bits per heavy atom. The summed E-state index contributed by atoms with van der Waals surface area (Å²) in [5.74, 6) is -1.30. The number of urea groups is 1. The van der Waals surface area contributed by atoms with Crippen molar-refractivity contribution in [3.05, 3.63) is 75.7 Å². The van der Waals surface area contributed by atoms with Gasteiger partial charge < -0.3 is 29.1 Å². The van der Waals surface area contributed by atoms with Gasteiger partial charge in [0.1, 0.15) is 6.61 Å². The van der Waals surface area contributed by atoms with Gasteiger partial charge in [0.05, 0.1) is 29.0 Å². The van der Waals surface area contributed by atoms with Crippen molar-refractivity contribution in [1.82, 2.24) is 0 Å². The molecule has 3 aromatic rings. The van der Waals surface area contributed by atoms with Gasteiger partial charge in [-0.25, -0.2) is 14.2 Å². The molecule has 0 saturated heterocycles. The van der Waals surface area contributed by atoms with E-state index in [9.17, 15) is 18.9 Å². The van der Waals surface area contributed by atoms with Crippen LogP contribution in [-0.2, 0) is 40.9 Å². The lowest BCUT2D eigenvalue weighted by Gasteiger charge is -2.31. The number of phosphoric ester groups is 1. The van der Waals surface area contributed by atoms with Crippen molar-refractivity contribution in [2.45, 2.75) is 126 Å². The second-order valence-electron chi connectivity index (χ2n) is 16.3.